The monoisotopic (exact) mass is 275 g/mol. The highest BCUT2D eigenvalue weighted by atomic mass is 16.1. The van der Waals surface area contributed by atoms with E-state index < -0.39 is 0 Å². The maximum Gasteiger partial charge on any atom is 0.224 e. The quantitative estimate of drug-likeness (QED) is 0.884. The molecule has 3 N–H and O–H groups in total. The maximum atomic E-state index is 11.9. The Labute approximate surface area is 121 Å². The van der Waals surface area contributed by atoms with Crippen LogP contribution in [0.3, 0.4) is 0 Å². The molecule has 4 heteroatoms. The minimum atomic E-state index is 0.0616. The Morgan fingerprint density at radius 2 is 2.25 bits per heavy atom. The van der Waals surface area contributed by atoms with Crippen molar-refractivity contribution in [1.82, 2.24) is 5.32 Å². The van der Waals surface area contributed by atoms with Gasteiger partial charge in [0.1, 0.15) is 0 Å². The van der Waals surface area contributed by atoms with E-state index in [1.807, 2.05) is 12.1 Å². The van der Waals surface area contributed by atoms with E-state index in [1.165, 1.54) is 11.3 Å². The maximum absolute atomic E-state index is 11.9. The standard InChI is InChI=1S/C16H25N3O/c1-3-14(17)13-8-4-5-9-15(13)19-10-6-7-12(11-19)16(20)18-2/h4-5,8-9,12,14H,3,6-7,10-11,17H2,1-2H3,(H,18,20)/t12?,14-/m0/s1. The second-order valence-corrected chi connectivity index (χ2v) is 5.47. The van der Waals surface area contributed by atoms with Gasteiger partial charge in [-0.05, 0) is 30.9 Å². The second-order valence-electron chi connectivity index (χ2n) is 5.47. The molecule has 1 heterocycles. The summed E-state index contributed by atoms with van der Waals surface area (Å²) < 4.78 is 0. The molecule has 1 saturated heterocycles. The Bertz CT molecular complexity index is 461. The van der Waals surface area contributed by atoms with Crippen molar-refractivity contribution in [2.24, 2.45) is 11.7 Å². The zero-order valence-electron chi connectivity index (χ0n) is 12.4. The van der Waals surface area contributed by atoms with Gasteiger partial charge in [0.25, 0.3) is 0 Å². The summed E-state index contributed by atoms with van der Waals surface area (Å²) in [7, 11) is 1.71. The highest BCUT2D eigenvalue weighted by molar-refractivity contribution is 5.79. The number of rotatable bonds is 4. The molecular formula is C16H25N3O. The molecule has 4 nitrogen and oxygen atoms in total. The van der Waals surface area contributed by atoms with Crippen molar-refractivity contribution in [2.75, 3.05) is 25.0 Å². The highest BCUT2D eigenvalue weighted by Gasteiger charge is 2.26. The molecular weight excluding hydrogens is 250 g/mol. The SMILES string of the molecule is CC[C@H](N)c1ccccc1N1CCCC(C(=O)NC)C1. The van der Waals surface area contributed by atoms with E-state index in [-0.39, 0.29) is 17.9 Å². The number of carbonyl (C=O) groups excluding carboxylic acids is 1. The fourth-order valence-electron chi connectivity index (χ4n) is 2.92. The fraction of sp³-hybridized carbons (Fsp3) is 0.562. The summed E-state index contributed by atoms with van der Waals surface area (Å²) >= 11 is 0. The molecule has 0 aliphatic carbocycles. The molecule has 0 bridgehead atoms. The number of benzene rings is 1. The predicted molar refractivity (Wildman–Crippen MR) is 82.7 cm³/mol. The molecule has 1 aromatic rings. The Balaban J connectivity index is 2.20. The van der Waals surface area contributed by atoms with E-state index in [0.29, 0.717) is 0 Å². The number of hydrogen-bond donors (Lipinski definition) is 2. The van der Waals surface area contributed by atoms with E-state index in [1.54, 1.807) is 7.05 Å². The predicted octanol–water partition coefficient (Wildman–Crippen LogP) is 2.06. The summed E-state index contributed by atoms with van der Waals surface area (Å²) in [6.07, 6.45) is 2.94. The van der Waals surface area contributed by atoms with Crippen LogP contribution in [0.4, 0.5) is 5.69 Å². The van der Waals surface area contributed by atoms with E-state index >= 15 is 0 Å². The second kappa shape index (κ2) is 6.75. The van der Waals surface area contributed by atoms with Gasteiger partial charge in [0.15, 0.2) is 0 Å². The van der Waals surface area contributed by atoms with Crippen molar-refractivity contribution in [2.45, 2.75) is 32.2 Å². The molecule has 1 unspecified atom stereocenters. The van der Waals surface area contributed by atoms with Gasteiger partial charge in [-0.1, -0.05) is 25.1 Å². The van der Waals surface area contributed by atoms with Crippen LogP contribution in [0.1, 0.15) is 37.8 Å². The molecule has 0 radical (unpaired) electrons. The first-order chi connectivity index (χ1) is 9.67. The summed E-state index contributed by atoms with van der Waals surface area (Å²) in [5.74, 6) is 0.228. The zero-order valence-corrected chi connectivity index (χ0v) is 12.4. The number of piperidine rings is 1. The van der Waals surface area contributed by atoms with Gasteiger partial charge in [-0.25, -0.2) is 0 Å². The molecule has 1 amide bonds. The first-order valence-corrected chi connectivity index (χ1v) is 7.48. The molecule has 1 aliphatic heterocycles. The highest BCUT2D eigenvalue weighted by Crippen LogP contribution is 2.30. The van der Waals surface area contributed by atoms with Crippen molar-refractivity contribution >= 4 is 11.6 Å². The lowest BCUT2D eigenvalue weighted by molar-refractivity contribution is -0.124. The number of anilines is 1. The van der Waals surface area contributed by atoms with Gasteiger partial charge >= 0.3 is 0 Å². The lowest BCUT2D eigenvalue weighted by Gasteiger charge is -2.35. The molecule has 1 aromatic carbocycles. The molecule has 0 spiro atoms. The number of amides is 1. The third kappa shape index (κ3) is 3.12. The summed E-state index contributed by atoms with van der Waals surface area (Å²) in [6.45, 7) is 3.89. The number of hydrogen-bond acceptors (Lipinski definition) is 3. The van der Waals surface area contributed by atoms with Crippen LogP contribution in [0.15, 0.2) is 24.3 Å². The van der Waals surface area contributed by atoms with Crippen LogP contribution in [0.2, 0.25) is 0 Å². The van der Waals surface area contributed by atoms with Gasteiger partial charge in [0.2, 0.25) is 5.91 Å². The molecule has 110 valence electrons. The van der Waals surface area contributed by atoms with Crippen LogP contribution in [0, 0.1) is 5.92 Å². The van der Waals surface area contributed by atoms with Crippen molar-refractivity contribution < 1.29 is 4.79 Å². The van der Waals surface area contributed by atoms with Crippen molar-refractivity contribution in [3.05, 3.63) is 29.8 Å². The molecule has 1 aliphatic rings. The molecule has 0 saturated carbocycles. The van der Waals surface area contributed by atoms with Gasteiger partial charge in [-0.3, -0.25) is 4.79 Å². The minimum absolute atomic E-state index is 0.0616. The molecule has 2 rings (SSSR count). The Kier molecular flexibility index (Phi) is 5.01. The zero-order chi connectivity index (χ0) is 14.5. The normalized spacial score (nSPS) is 20.6. The van der Waals surface area contributed by atoms with Gasteiger partial charge in [-0.2, -0.15) is 0 Å². The Morgan fingerprint density at radius 3 is 2.95 bits per heavy atom. The molecule has 1 fully saturated rings. The number of nitrogens with two attached hydrogens (primary N) is 1. The lowest BCUT2D eigenvalue weighted by Crippen LogP contribution is -2.42. The number of nitrogens with one attached hydrogen (secondary N) is 1. The fourth-order valence-corrected chi connectivity index (χ4v) is 2.92. The van der Waals surface area contributed by atoms with Gasteiger partial charge in [0, 0.05) is 31.9 Å². The van der Waals surface area contributed by atoms with Crippen LogP contribution >= 0.6 is 0 Å². The Morgan fingerprint density at radius 1 is 1.50 bits per heavy atom. The van der Waals surface area contributed by atoms with Crippen molar-refractivity contribution in [3.8, 4) is 0 Å². The first-order valence-electron chi connectivity index (χ1n) is 7.48. The van der Waals surface area contributed by atoms with E-state index in [0.717, 1.165) is 32.4 Å². The third-order valence-electron chi connectivity index (χ3n) is 4.16. The molecule has 0 aromatic heterocycles. The minimum Gasteiger partial charge on any atom is -0.370 e. The average molecular weight is 275 g/mol. The van der Waals surface area contributed by atoms with E-state index in [2.05, 4.69) is 29.3 Å². The third-order valence-corrected chi connectivity index (χ3v) is 4.16. The number of nitrogens with zero attached hydrogens (tertiary/aromatic N) is 1. The van der Waals surface area contributed by atoms with Crippen molar-refractivity contribution in [1.29, 1.82) is 0 Å². The molecule has 20 heavy (non-hydrogen) atoms. The largest absolute Gasteiger partial charge is 0.370 e. The van der Waals surface area contributed by atoms with Crippen LogP contribution < -0.4 is 16.0 Å². The smallest absolute Gasteiger partial charge is 0.224 e. The molecule has 2 atom stereocenters. The lowest BCUT2D eigenvalue weighted by atomic mass is 9.95. The van der Waals surface area contributed by atoms with Crippen molar-refractivity contribution in [3.63, 3.8) is 0 Å². The van der Waals surface area contributed by atoms with Crippen LogP contribution in [-0.4, -0.2) is 26.0 Å². The summed E-state index contributed by atoms with van der Waals surface area (Å²) in [6, 6.07) is 8.37. The van der Waals surface area contributed by atoms with Gasteiger partial charge < -0.3 is 16.0 Å². The first kappa shape index (κ1) is 14.9. The van der Waals surface area contributed by atoms with E-state index in [9.17, 15) is 4.79 Å². The summed E-state index contributed by atoms with van der Waals surface area (Å²) in [5.41, 5.74) is 8.59. The van der Waals surface area contributed by atoms with Gasteiger partial charge in [-0.15, -0.1) is 0 Å². The summed E-state index contributed by atoms with van der Waals surface area (Å²) in [5, 5.41) is 2.76. The topological polar surface area (TPSA) is 58.4 Å². The summed E-state index contributed by atoms with van der Waals surface area (Å²) in [4.78, 5) is 14.2. The Hall–Kier alpha value is -1.55. The van der Waals surface area contributed by atoms with Crippen LogP contribution in [0.5, 0.6) is 0 Å². The number of para-hydroxylation sites is 1. The van der Waals surface area contributed by atoms with Gasteiger partial charge in [0.05, 0.1) is 5.92 Å². The van der Waals surface area contributed by atoms with Crippen LogP contribution in [0.25, 0.3) is 0 Å². The van der Waals surface area contributed by atoms with Crippen LogP contribution in [-0.2, 0) is 4.79 Å². The van der Waals surface area contributed by atoms with E-state index in [4.69, 9.17) is 5.73 Å². The number of carbonyl (C=O) groups is 1. The average Bonchev–Trinajstić information content (AvgIpc) is 2.53.